The first kappa shape index (κ1) is 20.7. The molecule has 0 aliphatic carbocycles. The number of nitrogens with one attached hydrogen (secondary N) is 2. The zero-order valence-electron chi connectivity index (χ0n) is 15.4. The van der Waals surface area contributed by atoms with Gasteiger partial charge in [0, 0.05) is 33.9 Å². The molecule has 2 aromatic rings. The number of unbranched alkanes of at least 4 members (excludes halogenated alkanes) is 1. The number of amides is 2. The second kappa shape index (κ2) is 10.5. The van der Waals surface area contributed by atoms with E-state index in [0.29, 0.717) is 23.5 Å². The van der Waals surface area contributed by atoms with Gasteiger partial charge in [0.2, 0.25) is 11.8 Å². The highest BCUT2D eigenvalue weighted by Crippen LogP contribution is 2.24. The Morgan fingerprint density at radius 3 is 2.56 bits per heavy atom. The normalized spacial score (nSPS) is 10.6. The summed E-state index contributed by atoms with van der Waals surface area (Å²) in [5, 5.41) is 5.63. The highest BCUT2D eigenvalue weighted by atomic mass is 79.9. The number of carbonyl (C=O) groups is 2. The number of halogens is 1. The number of rotatable bonds is 8. The molecule has 0 radical (unpaired) electrons. The summed E-state index contributed by atoms with van der Waals surface area (Å²) in [6.07, 6.45) is 5.45. The van der Waals surface area contributed by atoms with Crippen LogP contribution in [0.2, 0.25) is 0 Å². The number of hydrogen-bond donors (Lipinski definition) is 2. The molecule has 5 nitrogen and oxygen atoms in total. The lowest BCUT2D eigenvalue weighted by Gasteiger charge is -2.08. The predicted molar refractivity (Wildman–Crippen MR) is 113 cm³/mol. The topological polar surface area (TPSA) is 67.4 Å². The van der Waals surface area contributed by atoms with Crippen molar-refractivity contribution in [2.45, 2.75) is 26.2 Å². The fourth-order valence-corrected chi connectivity index (χ4v) is 2.80. The number of methoxy groups -OCH3 is 1. The molecule has 0 saturated heterocycles. The monoisotopic (exact) mass is 430 g/mol. The van der Waals surface area contributed by atoms with Crippen LogP contribution in [-0.2, 0) is 9.59 Å². The van der Waals surface area contributed by atoms with E-state index in [-0.39, 0.29) is 11.8 Å². The maximum atomic E-state index is 12.2. The predicted octanol–water partition coefficient (Wildman–Crippen LogP) is 5.24. The number of benzene rings is 2. The summed E-state index contributed by atoms with van der Waals surface area (Å²) in [4.78, 5) is 24.0. The van der Waals surface area contributed by atoms with Crippen LogP contribution in [-0.4, -0.2) is 18.9 Å². The highest BCUT2D eigenvalue weighted by Gasteiger charge is 2.05. The third kappa shape index (κ3) is 6.90. The van der Waals surface area contributed by atoms with Crippen LogP contribution in [0, 0.1) is 0 Å². The van der Waals surface area contributed by atoms with Crippen molar-refractivity contribution in [3.63, 3.8) is 0 Å². The summed E-state index contributed by atoms with van der Waals surface area (Å²) in [7, 11) is 1.58. The minimum atomic E-state index is -0.272. The quantitative estimate of drug-likeness (QED) is 0.562. The summed E-state index contributed by atoms with van der Waals surface area (Å²) in [5.41, 5.74) is 2.06. The molecule has 0 spiro atoms. The lowest BCUT2D eigenvalue weighted by Crippen LogP contribution is -2.12. The van der Waals surface area contributed by atoms with Gasteiger partial charge in [-0.1, -0.05) is 35.3 Å². The average Bonchev–Trinajstić information content (AvgIpc) is 2.65. The molecule has 0 unspecified atom stereocenters. The van der Waals surface area contributed by atoms with E-state index in [4.69, 9.17) is 4.74 Å². The lowest BCUT2D eigenvalue weighted by atomic mass is 10.2. The highest BCUT2D eigenvalue weighted by molar-refractivity contribution is 9.10. The Bertz CT molecular complexity index is 834. The Balaban J connectivity index is 2.00. The maximum absolute atomic E-state index is 12.2. The molecule has 27 heavy (non-hydrogen) atoms. The zero-order valence-corrected chi connectivity index (χ0v) is 17.0. The van der Waals surface area contributed by atoms with Crippen LogP contribution in [0.15, 0.2) is 53.0 Å². The van der Waals surface area contributed by atoms with Crippen molar-refractivity contribution in [2.75, 3.05) is 17.7 Å². The van der Waals surface area contributed by atoms with Crippen LogP contribution in [0.3, 0.4) is 0 Å². The van der Waals surface area contributed by atoms with E-state index in [1.807, 2.05) is 25.1 Å². The van der Waals surface area contributed by atoms with E-state index in [1.165, 1.54) is 6.08 Å². The molecule has 0 aromatic heterocycles. The van der Waals surface area contributed by atoms with E-state index < -0.39 is 0 Å². The molecular formula is C21H23BrN2O3. The second-order valence-electron chi connectivity index (χ2n) is 5.94. The van der Waals surface area contributed by atoms with Crippen LogP contribution in [0.4, 0.5) is 11.4 Å². The van der Waals surface area contributed by atoms with E-state index in [0.717, 1.165) is 22.9 Å². The van der Waals surface area contributed by atoms with Gasteiger partial charge in [-0.25, -0.2) is 0 Å². The molecule has 2 amide bonds. The number of ether oxygens (including phenoxy) is 1. The van der Waals surface area contributed by atoms with Crippen LogP contribution >= 0.6 is 15.9 Å². The Kier molecular flexibility index (Phi) is 8.07. The van der Waals surface area contributed by atoms with Gasteiger partial charge < -0.3 is 15.4 Å². The minimum absolute atomic E-state index is 0.0260. The van der Waals surface area contributed by atoms with Crippen molar-refractivity contribution in [2.24, 2.45) is 0 Å². The summed E-state index contributed by atoms with van der Waals surface area (Å²) in [6.45, 7) is 2.04. The largest absolute Gasteiger partial charge is 0.496 e. The molecule has 0 atom stereocenters. The van der Waals surface area contributed by atoms with Gasteiger partial charge >= 0.3 is 0 Å². The van der Waals surface area contributed by atoms with Gasteiger partial charge in [-0.05, 0) is 48.9 Å². The van der Waals surface area contributed by atoms with Crippen molar-refractivity contribution in [1.29, 1.82) is 0 Å². The summed E-state index contributed by atoms with van der Waals surface area (Å²) in [5.74, 6) is 0.382. The van der Waals surface area contributed by atoms with E-state index in [9.17, 15) is 9.59 Å². The fraction of sp³-hybridized carbons (Fsp3) is 0.238. The second-order valence-corrected chi connectivity index (χ2v) is 6.86. The number of anilines is 2. The Hall–Kier alpha value is -2.60. The van der Waals surface area contributed by atoms with E-state index in [2.05, 4.69) is 26.6 Å². The summed E-state index contributed by atoms with van der Waals surface area (Å²) >= 11 is 3.40. The molecule has 2 rings (SSSR count). The van der Waals surface area contributed by atoms with E-state index in [1.54, 1.807) is 37.5 Å². The van der Waals surface area contributed by atoms with Crippen LogP contribution in [0.5, 0.6) is 5.75 Å². The van der Waals surface area contributed by atoms with Gasteiger partial charge in [0.15, 0.2) is 0 Å². The lowest BCUT2D eigenvalue weighted by molar-refractivity contribution is -0.116. The van der Waals surface area contributed by atoms with Crippen molar-refractivity contribution >= 4 is 45.2 Å². The molecule has 6 heteroatoms. The Morgan fingerprint density at radius 2 is 1.85 bits per heavy atom. The van der Waals surface area contributed by atoms with Crippen molar-refractivity contribution in [3.8, 4) is 5.75 Å². The van der Waals surface area contributed by atoms with Gasteiger partial charge in [-0.15, -0.1) is 0 Å². The molecule has 142 valence electrons. The molecule has 0 heterocycles. The minimum Gasteiger partial charge on any atom is -0.496 e. The standard InChI is InChI=1S/C21H23BrN2O3/c1-3-4-8-20(25)23-17-6-5-7-18(14-17)24-21(26)12-9-15-13-16(22)10-11-19(15)27-2/h5-7,9-14H,3-4,8H2,1-2H3,(H,23,25)(H,24,26)/b12-9+. The third-order valence-electron chi connectivity index (χ3n) is 3.78. The molecule has 0 aliphatic rings. The Morgan fingerprint density at radius 1 is 1.11 bits per heavy atom. The van der Waals surface area contributed by atoms with Crippen molar-refractivity contribution in [3.05, 3.63) is 58.6 Å². The third-order valence-corrected chi connectivity index (χ3v) is 4.27. The smallest absolute Gasteiger partial charge is 0.248 e. The first-order chi connectivity index (χ1) is 13.0. The van der Waals surface area contributed by atoms with Gasteiger partial charge in [-0.2, -0.15) is 0 Å². The van der Waals surface area contributed by atoms with Crippen LogP contribution < -0.4 is 15.4 Å². The van der Waals surface area contributed by atoms with Gasteiger partial charge in [0.1, 0.15) is 5.75 Å². The zero-order chi connectivity index (χ0) is 19.6. The van der Waals surface area contributed by atoms with Gasteiger partial charge in [0.05, 0.1) is 7.11 Å². The van der Waals surface area contributed by atoms with Crippen molar-refractivity contribution in [1.82, 2.24) is 0 Å². The van der Waals surface area contributed by atoms with Crippen molar-refractivity contribution < 1.29 is 14.3 Å². The van der Waals surface area contributed by atoms with Gasteiger partial charge in [-0.3, -0.25) is 9.59 Å². The number of carbonyl (C=O) groups excluding carboxylic acids is 2. The van der Waals surface area contributed by atoms with Gasteiger partial charge in [0.25, 0.3) is 0 Å². The SMILES string of the molecule is CCCCC(=O)Nc1cccc(NC(=O)/C=C/c2cc(Br)ccc2OC)c1. The Labute approximate surface area is 167 Å². The van der Waals surface area contributed by atoms with Crippen LogP contribution in [0.1, 0.15) is 31.7 Å². The average molecular weight is 431 g/mol. The van der Waals surface area contributed by atoms with Crippen LogP contribution in [0.25, 0.3) is 6.08 Å². The molecule has 0 saturated carbocycles. The molecular weight excluding hydrogens is 408 g/mol. The molecule has 0 bridgehead atoms. The first-order valence-corrected chi connectivity index (χ1v) is 9.53. The molecule has 0 aliphatic heterocycles. The number of hydrogen-bond acceptors (Lipinski definition) is 3. The maximum Gasteiger partial charge on any atom is 0.248 e. The summed E-state index contributed by atoms with van der Waals surface area (Å²) < 4.78 is 6.19. The fourth-order valence-electron chi connectivity index (χ4n) is 2.42. The molecule has 2 N–H and O–H groups in total. The molecule has 2 aromatic carbocycles. The first-order valence-electron chi connectivity index (χ1n) is 8.74. The molecule has 0 fully saturated rings. The summed E-state index contributed by atoms with van der Waals surface area (Å²) in [6, 6.07) is 12.6. The van der Waals surface area contributed by atoms with E-state index >= 15 is 0 Å².